The molecule has 0 bridgehead atoms. The molecular weight excluding hydrogens is 416 g/mol. The van der Waals surface area contributed by atoms with Crippen molar-refractivity contribution in [2.24, 2.45) is 0 Å². The van der Waals surface area contributed by atoms with Crippen molar-refractivity contribution < 1.29 is 0 Å². The second kappa shape index (κ2) is 7.98. The molecule has 6 aromatic rings. The minimum Gasteiger partial charge on any atom is -0.337 e. The van der Waals surface area contributed by atoms with Gasteiger partial charge in [-0.3, -0.25) is 9.97 Å². The minimum absolute atomic E-state index is 0.358. The molecule has 4 heterocycles. The van der Waals surface area contributed by atoms with Crippen LogP contribution in [0, 0.1) is 0 Å². The van der Waals surface area contributed by atoms with Crippen LogP contribution in [0.5, 0.6) is 0 Å². The summed E-state index contributed by atoms with van der Waals surface area (Å²) in [6.07, 6.45) is 3.92. The Kier molecular flexibility index (Phi) is 4.91. The van der Waals surface area contributed by atoms with Gasteiger partial charge in [-0.1, -0.05) is 64.1 Å². The number of rotatable bonds is 5. The summed E-state index contributed by atoms with van der Waals surface area (Å²) >= 11 is 0. The molecule has 0 spiro atoms. The molecule has 170 valence electrons. The summed E-state index contributed by atoms with van der Waals surface area (Å²) in [5.74, 6) is 0.716. The van der Waals surface area contributed by atoms with Crippen molar-refractivity contribution in [2.75, 3.05) is 0 Å². The summed E-state index contributed by atoms with van der Waals surface area (Å²) in [6, 6.07) is 21.8. The van der Waals surface area contributed by atoms with Gasteiger partial charge in [-0.25, -0.2) is 0 Å². The zero-order valence-corrected chi connectivity index (χ0v) is 20.3. The zero-order chi connectivity index (χ0) is 23.4. The van der Waals surface area contributed by atoms with Crippen molar-refractivity contribution >= 4 is 43.6 Å². The first kappa shape index (κ1) is 20.9. The van der Waals surface area contributed by atoms with E-state index < -0.39 is 0 Å². The lowest BCUT2D eigenvalue weighted by Crippen LogP contribution is -2.10. The molecule has 4 heteroatoms. The van der Waals surface area contributed by atoms with Crippen LogP contribution < -0.4 is 0 Å². The van der Waals surface area contributed by atoms with Crippen LogP contribution in [0.2, 0.25) is 0 Å². The highest BCUT2D eigenvalue weighted by Gasteiger charge is 2.19. The third-order valence-electron chi connectivity index (χ3n) is 7.06. The molecule has 0 aliphatic heterocycles. The van der Waals surface area contributed by atoms with Gasteiger partial charge in [-0.15, -0.1) is 0 Å². The van der Waals surface area contributed by atoms with Crippen molar-refractivity contribution in [3.8, 4) is 0 Å². The summed E-state index contributed by atoms with van der Waals surface area (Å²) in [5, 5.41) is 5.18. The van der Waals surface area contributed by atoms with Gasteiger partial charge in [0.1, 0.15) is 0 Å². The molecule has 0 unspecified atom stereocenters. The monoisotopic (exact) mass is 446 g/mol. The third kappa shape index (κ3) is 3.05. The number of fused-ring (bicyclic) bond motifs is 6. The Labute approximate surface area is 199 Å². The minimum atomic E-state index is 0.358. The first-order chi connectivity index (χ1) is 16.6. The molecule has 6 rings (SSSR count). The zero-order valence-electron chi connectivity index (χ0n) is 20.3. The molecule has 0 aliphatic rings. The Hall–Kier alpha value is -3.66. The Morgan fingerprint density at radius 2 is 0.971 bits per heavy atom. The standard InChI is InChI=1S/C30H30N4/c1-19(2)27-29-23(13-15-31-27)21-9-5-7-11-25(21)33(29)17-18-34-26-12-8-6-10-22(26)24-14-16-32-28(20(3)4)30(24)34/h5-16,19-20H,17-18H2,1-4H3. The van der Waals surface area contributed by atoms with Gasteiger partial charge in [0.25, 0.3) is 0 Å². The smallest absolute Gasteiger partial charge is 0.0713 e. The number of aromatic nitrogens is 4. The Morgan fingerprint density at radius 1 is 0.559 bits per heavy atom. The third-order valence-corrected chi connectivity index (χ3v) is 7.06. The molecule has 0 saturated carbocycles. The van der Waals surface area contributed by atoms with E-state index >= 15 is 0 Å². The molecule has 0 N–H and O–H groups in total. The largest absolute Gasteiger partial charge is 0.337 e. The first-order valence-corrected chi connectivity index (χ1v) is 12.3. The number of para-hydroxylation sites is 2. The van der Waals surface area contributed by atoms with Gasteiger partial charge in [0.2, 0.25) is 0 Å². The van der Waals surface area contributed by atoms with E-state index in [1.807, 2.05) is 12.4 Å². The summed E-state index contributed by atoms with van der Waals surface area (Å²) in [6.45, 7) is 10.7. The Bertz CT molecular complexity index is 1540. The van der Waals surface area contributed by atoms with Crippen molar-refractivity contribution in [3.05, 3.63) is 84.4 Å². The highest BCUT2D eigenvalue weighted by atomic mass is 15.1. The van der Waals surface area contributed by atoms with E-state index in [4.69, 9.17) is 9.97 Å². The van der Waals surface area contributed by atoms with Gasteiger partial charge in [0.15, 0.2) is 0 Å². The lowest BCUT2D eigenvalue weighted by atomic mass is 10.1. The van der Waals surface area contributed by atoms with Gasteiger partial charge in [0, 0.05) is 58.1 Å². The molecule has 0 amide bonds. The van der Waals surface area contributed by atoms with Crippen LogP contribution in [0.15, 0.2) is 73.1 Å². The molecule has 0 atom stereocenters. The number of nitrogens with zero attached hydrogens (tertiary/aromatic N) is 4. The van der Waals surface area contributed by atoms with Gasteiger partial charge >= 0.3 is 0 Å². The van der Waals surface area contributed by atoms with Crippen LogP contribution in [-0.4, -0.2) is 19.1 Å². The van der Waals surface area contributed by atoms with Crippen LogP contribution in [0.25, 0.3) is 43.6 Å². The summed E-state index contributed by atoms with van der Waals surface area (Å²) in [5.41, 5.74) is 7.41. The summed E-state index contributed by atoms with van der Waals surface area (Å²) < 4.78 is 4.97. The van der Waals surface area contributed by atoms with Crippen molar-refractivity contribution in [1.82, 2.24) is 19.1 Å². The fourth-order valence-corrected chi connectivity index (χ4v) is 5.57. The lowest BCUT2D eigenvalue weighted by Gasteiger charge is -2.15. The average molecular weight is 447 g/mol. The SMILES string of the molecule is CC(C)c1nccc2c3ccccc3n(CCn3c4ccccc4c4ccnc(C(C)C)c43)c12. The molecule has 0 radical (unpaired) electrons. The number of hydrogen-bond acceptors (Lipinski definition) is 2. The molecule has 0 aliphatic carbocycles. The molecule has 2 aromatic carbocycles. The van der Waals surface area contributed by atoms with Gasteiger partial charge < -0.3 is 9.13 Å². The predicted molar refractivity (Wildman–Crippen MR) is 143 cm³/mol. The molecule has 4 aromatic heterocycles. The van der Waals surface area contributed by atoms with E-state index in [2.05, 4.69) is 97.5 Å². The summed E-state index contributed by atoms with van der Waals surface area (Å²) in [4.78, 5) is 9.61. The molecular formula is C30H30N4. The second-order valence-corrected chi connectivity index (χ2v) is 9.83. The highest BCUT2D eigenvalue weighted by molar-refractivity contribution is 6.09. The highest BCUT2D eigenvalue weighted by Crippen LogP contribution is 2.35. The van der Waals surface area contributed by atoms with Crippen molar-refractivity contribution in [1.29, 1.82) is 0 Å². The van der Waals surface area contributed by atoms with Gasteiger partial charge in [-0.05, 0) is 36.1 Å². The normalized spacial score (nSPS) is 12.3. The van der Waals surface area contributed by atoms with Gasteiger partial charge in [0.05, 0.1) is 22.4 Å². The molecule has 34 heavy (non-hydrogen) atoms. The second-order valence-electron chi connectivity index (χ2n) is 9.83. The number of benzene rings is 2. The maximum absolute atomic E-state index is 4.81. The van der Waals surface area contributed by atoms with Crippen molar-refractivity contribution in [3.63, 3.8) is 0 Å². The van der Waals surface area contributed by atoms with E-state index in [1.165, 1.54) is 55.0 Å². The summed E-state index contributed by atoms with van der Waals surface area (Å²) in [7, 11) is 0. The maximum atomic E-state index is 4.81. The van der Waals surface area contributed by atoms with E-state index in [9.17, 15) is 0 Å². The topological polar surface area (TPSA) is 35.6 Å². The van der Waals surface area contributed by atoms with Crippen LogP contribution >= 0.6 is 0 Å². The van der Waals surface area contributed by atoms with Crippen LogP contribution in [0.4, 0.5) is 0 Å². The van der Waals surface area contributed by atoms with E-state index in [0.29, 0.717) is 11.8 Å². The Morgan fingerprint density at radius 3 is 1.38 bits per heavy atom. The first-order valence-electron chi connectivity index (χ1n) is 12.3. The van der Waals surface area contributed by atoms with Crippen molar-refractivity contribution in [2.45, 2.75) is 52.6 Å². The quantitative estimate of drug-likeness (QED) is 0.273. The maximum Gasteiger partial charge on any atom is 0.0713 e. The van der Waals surface area contributed by atoms with E-state index in [-0.39, 0.29) is 0 Å². The van der Waals surface area contributed by atoms with Crippen LogP contribution in [0.3, 0.4) is 0 Å². The number of hydrogen-bond donors (Lipinski definition) is 0. The van der Waals surface area contributed by atoms with Crippen LogP contribution in [-0.2, 0) is 13.1 Å². The molecule has 0 saturated heterocycles. The molecule has 4 nitrogen and oxygen atoms in total. The number of pyridine rings is 2. The number of aryl methyl sites for hydroxylation is 2. The lowest BCUT2D eigenvalue weighted by molar-refractivity contribution is 0.624. The van der Waals surface area contributed by atoms with Gasteiger partial charge in [-0.2, -0.15) is 0 Å². The predicted octanol–water partition coefficient (Wildman–Crippen LogP) is 7.64. The van der Waals surface area contributed by atoms with E-state index in [1.54, 1.807) is 0 Å². The Balaban J connectivity index is 1.58. The fourth-order valence-electron chi connectivity index (χ4n) is 5.57. The fraction of sp³-hybridized carbons (Fsp3) is 0.267. The van der Waals surface area contributed by atoms with Crippen LogP contribution in [0.1, 0.15) is 50.9 Å². The average Bonchev–Trinajstić information content (AvgIpc) is 3.35. The molecule has 0 fully saturated rings. The van der Waals surface area contributed by atoms with E-state index in [0.717, 1.165) is 13.1 Å².